The average Bonchev–Trinajstić information content (AvgIpc) is 2.15. The molecule has 0 atom stereocenters. The summed E-state index contributed by atoms with van der Waals surface area (Å²) in [5, 5.41) is 13.1. The smallest absolute Gasteiger partial charge is 0.241 e. The third-order valence-corrected chi connectivity index (χ3v) is 2.61. The molecule has 16 heavy (non-hydrogen) atoms. The van der Waals surface area contributed by atoms with Crippen LogP contribution in [-0.4, -0.2) is 13.4 Å². The minimum absolute atomic E-state index is 0.342. The molecule has 0 radical (unpaired) electrons. The van der Waals surface area contributed by atoms with Crippen LogP contribution in [0.5, 0.6) is 0 Å². The molecule has 0 aliphatic heterocycles. The molecular formula is C7H4F3N3O2S. The third kappa shape index (κ3) is 2.12. The van der Waals surface area contributed by atoms with Crippen LogP contribution in [0.4, 0.5) is 13.2 Å². The van der Waals surface area contributed by atoms with Gasteiger partial charge in [-0.3, -0.25) is 0 Å². The van der Waals surface area contributed by atoms with Gasteiger partial charge in [0.05, 0.1) is 11.8 Å². The van der Waals surface area contributed by atoms with E-state index in [9.17, 15) is 21.6 Å². The normalized spacial score (nSPS) is 11.5. The third-order valence-electron chi connectivity index (χ3n) is 1.63. The number of aromatic nitrogens is 1. The number of alkyl halides is 2. The standard InChI is InChI=1S/C7H4F3N3O2S/c8-3-2-13-4(1-11)6(16(12,14)15)5(3)7(9)10/h2,7H,(H2,12,14,15). The summed E-state index contributed by atoms with van der Waals surface area (Å²) in [5.74, 6) is -1.53. The van der Waals surface area contributed by atoms with Crippen molar-refractivity contribution in [2.24, 2.45) is 5.14 Å². The van der Waals surface area contributed by atoms with Gasteiger partial charge in [0.1, 0.15) is 11.0 Å². The maximum absolute atomic E-state index is 13.0. The molecule has 1 aromatic rings. The van der Waals surface area contributed by atoms with Crippen LogP contribution in [-0.2, 0) is 10.0 Å². The van der Waals surface area contributed by atoms with Crippen molar-refractivity contribution in [3.05, 3.63) is 23.3 Å². The van der Waals surface area contributed by atoms with E-state index in [0.29, 0.717) is 6.20 Å². The van der Waals surface area contributed by atoms with Crippen molar-refractivity contribution in [2.75, 3.05) is 0 Å². The van der Waals surface area contributed by atoms with Gasteiger partial charge in [-0.05, 0) is 0 Å². The Morgan fingerprint density at radius 1 is 1.50 bits per heavy atom. The summed E-state index contributed by atoms with van der Waals surface area (Å²) in [6.07, 6.45) is -3.07. The fourth-order valence-corrected chi connectivity index (χ4v) is 1.92. The van der Waals surface area contributed by atoms with Gasteiger partial charge in [-0.25, -0.2) is 31.7 Å². The van der Waals surface area contributed by atoms with Crippen LogP contribution < -0.4 is 5.14 Å². The van der Waals surface area contributed by atoms with Crippen molar-refractivity contribution >= 4 is 10.0 Å². The van der Waals surface area contributed by atoms with Gasteiger partial charge in [0.15, 0.2) is 11.5 Å². The average molecular weight is 251 g/mol. The summed E-state index contributed by atoms with van der Waals surface area (Å²) in [4.78, 5) is 1.80. The molecule has 2 N–H and O–H groups in total. The Morgan fingerprint density at radius 3 is 2.44 bits per heavy atom. The van der Waals surface area contributed by atoms with E-state index < -0.39 is 38.4 Å². The van der Waals surface area contributed by atoms with Crippen LogP contribution >= 0.6 is 0 Å². The Labute approximate surface area is 88.4 Å². The molecule has 1 aromatic heterocycles. The van der Waals surface area contributed by atoms with Crippen molar-refractivity contribution < 1.29 is 21.6 Å². The minimum atomic E-state index is -4.65. The first-order chi connectivity index (χ1) is 7.29. The number of hydrogen-bond donors (Lipinski definition) is 1. The zero-order chi connectivity index (χ0) is 12.5. The van der Waals surface area contributed by atoms with Gasteiger partial charge in [0.2, 0.25) is 10.0 Å². The summed E-state index contributed by atoms with van der Waals surface area (Å²) in [6.45, 7) is 0. The largest absolute Gasteiger partial charge is 0.268 e. The van der Waals surface area contributed by atoms with E-state index in [4.69, 9.17) is 5.26 Å². The van der Waals surface area contributed by atoms with Crippen LogP contribution in [0, 0.1) is 17.1 Å². The lowest BCUT2D eigenvalue weighted by molar-refractivity contribution is 0.142. The highest BCUT2D eigenvalue weighted by Gasteiger charge is 2.29. The second kappa shape index (κ2) is 4.07. The monoisotopic (exact) mass is 251 g/mol. The molecule has 1 rings (SSSR count). The van der Waals surface area contributed by atoms with Gasteiger partial charge in [0, 0.05) is 0 Å². The number of nitrogens with zero attached hydrogens (tertiary/aromatic N) is 2. The number of primary sulfonamides is 1. The fourth-order valence-electron chi connectivity index (χ4n) is 1.06. The number of halogens is 3. The topological polar surface area (TPSA) is 96.8 Å². The molecule has 0 saturated carbocycles. The van der Waals surface area contributed by atoms with E-state index in [1.54, 1.807) is 0 Å². The molecule has 0 aliphatic rings. The second-order valence-electron chi connectivity index (χ2n) is 2.66. The first-order valence-electron chi connectivity index (χ1n) is 3.68. The molecule has 0 unspecified atom stereocenters. The number of nitriles is 1. The molecule has 5 nitrogen and oxygen atoms in total. The summed E-state index contributed by atoms with van der Waals surface area (Å²) >= 11 is 0. The molecule has 0 fully saturated rings. The Kier molecular flexibility index (Phi) is 3.16. The Bertz CT molecular complexity index is 565. The molecule has 1 heterocycles. The zero-order valence-electron chi connectivity index (χ0n) is 7.49. The molecule has 86 valence electrons. The van der Waals surface area contributed by atoms with Gasteiger partial charge in [0.25, 0.3) is 6.43 Å². The Balaban J connectivity index is 3.79. The highest BCUT2D eigenvalue weighted by atomic mass is 32.2. The molecular weight excluding hydrogens is 247 g/mol. The lowest BCUT2D eigenvalue weighted by Gasteiger charge is -2.08. The summed E-state index contributed by atoms with van der Waals surface area (Å²) in [7, 11) is -4.65. The zero-order valence-corrected chi connectivity index (χ0v) is 8.30. The SMILES string of the molecule is N#Cc1ncc(F)c(C(F)F)c1S(N)(=O)=O. The van der Waals surface area contributed by atoms with Gasteiger partial charge in [-0.1, -0.05) is 0 Å². The van der Waals surface area contributed by atoms with Crippen molar-refractivity contribution in [3.8, 4) is 6.07 Å². The van der Waals surface area contributed by atoms with E-state index in [1.807, 2.05) is 0 Å². The van der Waals surface area contributed by atoms with Gasteiger partial charge >= 0.3 is 0 Å². The summed E-state index contributed by atoms with van der Waals surface area (Å²) in [5.41, 5.74) is -2.30. The molecule has 0 aromatic carbocycles. The maximum atomic E-state index is 13.0. The van der Waals surface area contributed by atoms with Crippen LogP contribution in [0.1, 0.15) is 17.7 Å². The molecule has 0 saturated heterocycles. The lowest BCUT2D eigenvalue weighted by Crippen LogP contribution is -2.18. The first kappa shape index (κ1) is 12.4. The highest BCUT2D eigenvalue weighted by Crippen LogP contribution is 2.29. The minimum Gasteiger partial charge on any atom is -0.241 e. The van der Waals surface area contributed by atoms with E-state index in [1.165, 1.54) is 6.07 Å². The Morgan fingerprint density at radius 2 is 2.06 bits per heavy atom. The summed E-state index contributed by atoms with van der Waals surface area (Å²) in [6, 6.07) is 1.25. The van der Waals surface area contributed by atoms with E-state index in [-0.39, 0.29) is 0 Å². The van der Waals surface area contributed by atoms with Crippen LogP contribution in [0.15, 0.2) is 11.1 Å². The van der Waals surface area contributed by atoms with Crippen molar-refractivity contribution in [1.29, 1.82) is 5.26 Å². The van der Waals surface area contributed by atoms with E-state index in [0.717, 1.165) is 0 Å². The second-order valence-corrected chi connectivity index (χ2v) is 4.15. The highest BCUT2D eigenvalue weighted by molar-refractivity contribution is 7.89. The quantitative estimate of drug-likeness (QED) is 0.835. The van der Waals surface area contributed by atoms with Gasteiger partial charge < -0.3 is 0 Å². The lowest BCUT2D eigenvalue weighted by atomic mass is 10.2. The predicted molar refractivity (Wildman–Crippen MR) is 45.2 cm³/mol. The predicted octanol–water partition coefficient (Wildman–Crippen LogP) is 0.677. The maximum Gasteiger partial charge on any atom is 0.268 e. The molecule has 0 bridgehead atoms. The van der Waals surface area contributed by atoms with Crippen LogP contribution in [0.3, 0.4) is 0 Å². The molecule has 0 amide bonds. The van der Waals surface area contributed by atoms with E-state index in [2.05, 4.69) is 10.1 Å². The molecule has 0 aliphatic carbocycles. The summed E-state index contributed by atoms with van der Waals surface area (Å²) < 4.78 is 59.8. The number of nitrogens with two attached hydrogens (primary N) is 1. The molecule has 0 spiro atoms. The van der Waals surface area contributed by atoms with E-state index >= 15 is 0 Å². The van der Waals surface area contributed by atoms with Gasteiger partial charge in [-0.2, -0.15) is 5.26 Å². The number of rotatable bonds is 2. The number of sulfonamides is 1. The molecule has 9 heteroatoms. The van der Waals surface area contributed by atoms with Crippen molar-refractivity contribution in [3.63, 3.8) is 0 Å². The van der Waals surface area contributed by atoms with Crippen molar-refractivity contribution in [2.45, 2.75) is 11.3 Å². The fraction of sp³-hybridized carbons (Fsp3) is 0.143. The van der Waals surface area contributed by atoms with Crippen LogP contribution in [0.2, 0.25) is 0 Å². The van der Waals surface area contributed by atoms with Crippen LogP contribution in [0.25, 0.3) is 0 Å². The first-order valence-corrected chi connectivity index (χ1v) is 5.23. The number of hydrogen-bond acceptors (Lipinski definition) is 4. The Hall–Kier alpha value is -1.66. The van der Waals surface area contributed by atoms with Gasteiger partial charge in [-0.15, -0.1) is 0 Å². The number of pyridine rings is 1. The van der Waals surface area contributed by atoms with Crippen molar-refractivity contribution in [1.82, 2.24) is 4.98 Å².